The van der Waals surface area contributed by atoms with Crippen molar-refractivity contribution in [1.82, 2.24) is 19.4 Å². The molecule has 0 radical (unpaired) electrons. The molecule has 0 bridgehead atoms. The van der Waals surface area contributed by atoms with E-state index in [0.29, 0.717) is 0 Å². The van der Waals surface area contributed by atoms with Gasteiger partial charge in [-0.3, -0.25) is 9.69 Å². The third-order valence-corrected chi connectivity index (χ3v) is 5.41. The van der Waals surface area contributed by atoms with E-state index < -0.39 is 0 Å². The van der Waals surface area contributed by atoms with E-state index in [-0.39, 0.29) is 12.5 Å². The summed E-state index contributed by atoms with van der Waals surface area (Å²) < 4.78 is 7.86. The minimum atomic E-state index is 0.0469. The summed E-state index contributed by atoms with van der Waals surface area (Å²) in [7, 11) is 2.06. The minimum absolute atomic E-state index is 0.0469. The van der Waals surface area contributed by atoms with Crippen LogP contribution in [-0.2, 0) is 18.4 Å². The van der Waals surface area contributed by atoms with Crippen LogP contribution in [0.3, 0.4) is 0 Å². The summed E-state index contributed by atoms with van der Waals surface area (Å²) in [6.45, 7) is 6.01. The lowest BCUT2D eigenvalue weighted by Gasteiger charge is -2.34. The Hall–Kier alpha value is -2.86. The van der Waals surface area contributed by atoms with E-state index in [1.165, 1.54) is 0 Å². The summed E-state index contributed by atoms with van der Waals surface area (Å²) in [5.41, 5.74) is 3.23. The number of aromatic nitrogens is 2. The van der Waals surface area contributed by atoms with Crippen molar-refractivity contribution in [2.45, 2.75) is 13.5 Å². The molecule has 1 amide bonds. The van der Waals surface area contributed by atoms with Gasteiger partial charge in [0.2, 0.25) is 0 Å². The van der Waals surface area contributed by atoms with Gasteiger partial charge in [0, 0.05) is 33.2 Å². The lowest BCUT2D eigenvalue weighted by Crippen LogP contribution is -2.49. The molecule has 2 aromatic carbocycles. The van der Waals surface area contributed by atoms with Gasteiger partial charge in [-0.2, -0.15) is 0 Å². The highest BCUT2D eigenvalue weighted by Gasteiger charge is 2.22. The van der Waals surface area contributed by atoms with Crippen molar-refractivity contribution >= 4 is 16.9 Å². The smallest absolute Gasteiger partial charge is 0.260 e. The number of amides is 1. The predicted octanol–water partition coefficient (Wildman–Crippen LogP) is 2.60. The molecular weight excluding hydrogens is 352 g/mol. The normalized spacial score (nSPS) is 15.1. The van der Waals surface area contributed by atoms with E-state index >= 15 is 0 Å². The molecule has 1 aliphatic rings. The van der Waals surface area contributed by atoms with Crippen LogP contribution in [0.5, 0.6) is 5.75 Å². The third kappa shape index (κ3) is 3.87. The molecule has 6 heteroatoms. The van der Waals surface area contributed by atoms with Crippen molar-refractivity contribution in [3.63, 3.8) is 0 Å². The highest BCUT2D eigenvalue weighted by Crippen LogP contribution is 2.18. The number of fused-ring (bicyclic) bond motifs is 1. The quantitative estimate of drug-likeness (QED) is 0.685. The maximum absolute atomic E-state index is 12.5. The summed E-state index contributed by atoms with van der Waals surface area (Å²) in [5, 5.41) is 0. The molecule has 0 N–H and O–H groups in total. The van der Waals surface area contributed by atoms with Crippen LogP contribution in [0.4, 0.5) is 0 Å². The number of benzene rings is 2. The summed E-state index contributed by atoms with van der Waals surface area (Å²) >= 11 is 0. The first-order valence-electron chi connectivity index (χ1n) is 9.71. The summed E-state index contributed by atoms with van der Waals surface area (Å²) in [6.07, 6.45) is 0. The molecule has 0 unspecified atom stereocenters. The largest absolute Gasteiger partial charge is 0.484 e. The van der Waals surface area contributed by atoms with E-state index in [0.717, 1.165) is 60.9 Å². The highest BCUT2D eigenvalue weighted by molar-refractivity contribution is 5.78. The molecule has 28 heavy (non-hydrogen) atoms. The van der Waals surface area contributed by atoms with E-state index in [4.69, 9.17) is 9.72 Å². The predicted molar refractivity (Wildman–Crippen MR) is 109 cm³/mol. The van der Waals surface area contributed by atoms with Gasteiger partial charge < -0.3 is 14.2 Å². The lowest BCUT2D eigenvalue weighted by molar-refractivity contribution is -0.135. The zero-order valence-electron chi connectivity index (χ0n) is 16.5. The van der Waals surface area contributed by atoms with Crippen LogP contribution < -0.4 is 4.74 Å². The number of carbonyl (C=O) groups is 1. The third-order valence-electron chi connectivity index (χ3n) is 5.41. The molecule has 1 aromatic heterocycles. The van der Waals surface area contributed by atoms with Crippen molar-refractivity contribution in [2.24, 2.45) is 7.05 Å². The second kappa shape index (κ2) is 8.02. The van der Waals surface area contributed by atoms with Gasteiger partial charge in [-0.05, 0) is 30.7 Å². The number of piperazine rings is 1. The standard InChI is InChI=1S/C22H26N4O2/c1-17-7-3-6-10-20(17)28-16-22(27)26-13-11-25(12-14-26)15-21-23-18-8-4-5-9-19(18)24(21)2/h3-10H,11-16H2,1-2H3. The van der Waals surface area contributed by atoms with Gasteiger partial charge in [0.25, 0.3) is 5.91 Å². The number of para-hydroxylation sites is 3. The maximum Gasteiger partial charge on any atom is 0.260 e. The Morgan fingerprint density at radius 1 is 1.04 bits per heavy atom. The number of imidazole rings is 1. The Kier molecular flexibility index (Phi) is 5.30. The molecule has 3 aromatic rings. The first-order valence-corrected chi connectivity index (χ1v) is 9.71. The van der Waals surface area contributed by atoms with Gasteiger partial charge in [0.15, 0.2) is 6.61 Å². The average Bonchev–Trinajstić information content (AvgIpc) is 3.03. The first kappa shape index (κ1) is 18.5. The number of hydrogen-bond acceptors (Lipinski definition) is 4. The highest BCUT2D eigenvalue weighted by atomic mass is 16.5. The fourth-order valence-electron chi connectivity index (χ4n) is 3.64. The number of rotatable bonds is 5. The van der Waals surface area contributed by atoms with Crippen LogP contribution in [0, 0.1) is 6.92 Å². The fourth-order valence-corrected chi connectivity index (χ4v) is 3.64. The van der Waals surface area contributed by atoms with Crippen molar-refractivity contribution < 1.29 is 9.53 Å². The van der Waals surface area contributed by atoms with Gasteiger partial charge in [-0.25, -0.2) is 4.98 Å². The van der Waals surface area contributed by atoms with Gasteiger partial charge in [0.05, 0.1) is 17.6 Å². The molecule has 0 atom stereocenters. The zero-order chi connectivity index (χ0) is 19.5. The van der Waals surface area contributed by atoms with Crippen LogP contribution in [0.15, 0.2) is 48.5 Å². The Morgan fingerprint density at radius 2 is 1.75 bits per heavy atom. The van der Waals surface area contributed by atoms with Gasteiger partial charge in [-0.1, -0.05) is 30.3 Å². The number of ether oxygens (including phenoxy) is 1. The molecule has 1 fully saturated rings. The van der Waals surface area contributed by atoms with E-state index in [2.05, 4.69) is 22.6 Å². The van der Waals surface area contributed by atoms with Crippen LogP contribution in [0.25, 0.3) is 11.0 Å². The van der Waals surface area contributed by atoms with E-state index in [9.17, 15) is 4.79 Å². The van der Waals surface area contributed by atoms with E-state index in [1.807, 2.05) is 54.3 Å². The van der Waals surface area contributed by atoms with Crippen LogP contribution in [0.1, 0.15) is 11.4 Å². The van der Waals surface area contributed by atoms with Crippen molar-refractivity contribution in [1.29, 1.82) is 0 Å². The van der Waals surface area contributed by atoms with Gasteiger partial charge in [0.1, 0.15) is 11.6 Å². The molecule has 1 aliphatic heterocycles. The van der Waals surface area contributed by atoms with Crippen LogP contribution >= 0.6 is 0 Å². The second-order valence-corrected chi connectivity index (χ2v) is 7.29. The number of aryl methyl sites for hydroxylation is 2. The van der Waals surface area contributed by atoms with Crippen molar-refractivity contribution in [3.05, 3.63) is 59.9 Å². The molecule has 0 saturated carbocycles. The number of nitrogens with zero attached hydrogens (tertiary/aromatic N) is 4. The maximum atomic E-state index is 12.5. The van der Waals surface area contributed by atoms with Gasteiger partial charge in [-0.15, -0.1) is 0 Å². The minimum Gasteiger partial charge on any atom is -0.484 e. The number of hydrogen-bond donors (Lipinski definition) is 0. The van der Waals surface area contributed by atoms with E-state index in [1.54, 1.807) is 0 Å². The molecule has 6 nitrogen and oxygen atoms in total. The summed E-state index contributed by atoms with van der Waals surface area (Å²) in [5.74, 6) is 1.88. The Morgan fingerprint density at radius 3 is 2.50 bits per heavy atom. The van der Waals surface area contributed by atoms with Crippen molar-refractivity contribution in [3.8, 4) is 5.75 Å². The molecular formula is C22H26N4O2. The summed E-state index contributed by atoms with van der Waals surface area (Å²) in [6, 6.07) is 16.0. The Balaban J connectivity index is 1.30. The molecule has 0 aliphatic carbocycles. The Bertz CT molecular complexity index is 974. The lowest BCUT2D eigenvalue weighted by atomic mass is 10.2. The number of carbonyl (C=O) groups excluding carboxylic acids is 1. The average molecular weight is 378 g/mol. The van der Waals surface area contributed by atoms with Crippen LogP contribution in [0.2, 0.25) is 0 Å². The SMILES string of the molecule is Cc1ccccc1OCC(=O)N1CCN(Cc2nc3ccccc3n2C)CC1. The fraction of sp³-hybridized carbons (Fsp3) is 0.364. The molecule has 2 heterocycles. The molecule has 0 spiro atoms. The Labute approximate surface area is 165 Å². The molecule has 1 saturated heterocycles. The zero-order valence-corrected chi connectivity index (χ0v) is 16.5. The first-order chi connectivity index (χ1) is 13.6. The second-order valence-electron chi connectivity index (χ2n) is 7.29. The topological polar surface area (TPSA) is 50.6 Å². The summed E-state index contributed by atoms with van der Waals surface area (Å²) in [4.78, 5) is 21.5. The molecule has 146 valence electrons. The monoisotopic (exact) mass is 378 g/mol. The molecule has 4 rings (SSSR count). The van der Waals surface area contributed by atoms with Crippen molar-refractivity contribution in [2.75, 3.05) is 32.8 Å². The van der Waals surface area contributed by atoms with Crippen LogP contribution in [-0.4, -0.2) is 58.0 Å². The van der Waals surface area contributed by atoms with Gasteiger partial charge >= 0.3 is 0 Å².